The van der Waals surface area contributed by atoms with Crippen LogP contribution >= 0.6 is 47.8 Å². The SMILES string of the molecule is Brc1cc(Br)cc(C(Br)c2ccc3c(c2)CCC3)c1. The first kappa shape index (κ1) is 13.8. The fourth-order valence-electron chi connectivity index (χ4n) is 2.66. The Kier molecular flexibility index (Phi) is 4.16. The molecule has 3 rings (SSSR count). The summed E-state index contributed by atoms with van der Waals surface area (Å²) in [6.07, 6.45) is 3.77. The quantitative estimate of drug-likeness (QED) is 0.485. The maximum Gasteiger partial charge on any atom is 0.0645 e. The number of benzene rings is 2. The third-order valence-corrected chi connectivity index (χ3v) is 5.57. The molecule has 2 aromatic rings. The van der Waals surface area contributed by atoms with Crippen LogP contribution < -0.4 is 0 Å². The lowest BCUT2D eigenvalue weighted by atomic mass is 10.0. The van der Waals surface area contributed by atoms with Crippen LogP contribution in [0, 0.1) is 0 Å². The zero-order valence-corrected chi connectivity index (χ0v) is 15.1. The molecule has 1 atom stereocenters. The molecule has 1 aliphatic rings. The van der Waals surface area contributed by atoms with Crippen molar-refractivity contribution in [3.05, 3.63) is 67.6 Å². The van der Waals surface area contributed by atoms with Crippen LogP contribution in [0.15, 0.2) is 45.3 Å². The Bertz CT molecular complexity index is 599. The van der Waals surface area contributed by atoms with Crippen LogP contribution in [-0.4, -0.2) is 0 Å². The van der Waals surface area contributed by atoms with Gasteiger partial charge in [-0.2, -0.15) is 0 Å². The van der Waals surface area contributed by atoms with Gasteiger partial charge in [-0.15, -0.1) is 0 Å². The standard InChI is InChI=1S/C16H13Br3/c17-14-7-13(8-15(18)9-14)16(19)12-5-4-10-2-1-3-11(10)6-12/h4-9,16H,1-3H2. The largest absolute Gasteiger partial charge is 0.0786 e. The molecule has 0 nitrogen and oxygen atoms in total. The topological polar surface area (TPSA) is 0 Å². The molecule has 2 aromatic carbocycles. The summed E-state index contributed by atoms with van der Waals surface area (Å²) in [5.74, 6) is 0. The molecule has 0 amide bonds. The van der Waals surface area contributed by atoms with Crippen molar-refractivity contribution in [3.8, 4) is 0 Å². The molecule has 3 heteroatoms. The Hall–Kier alpha value is -0.120. The minimum absolute atomic E-state index is 0.243. The van der Waals surface area contributed by atoms with Gasteiger partial charge in [-0.05, 0) is 59.7 Å². The van der Waals surface area contributed by atoms with Gasteiger partial charge < -0.3 is 0 Å². The second kappa shape index (κ2) is 5.71. The first-order valence-corrected chi connectivity index (χ1v) is 8.85. The van der Waals surface area contributed by atoms with Crippen LogP contribution in [-0.2, 0) is 12.8 Å². The fourth-order valence-corrected chi connectivity index (χ4v) is 4.54. The highest BCUT2D eigenvalue weighted by atomic mass is 79.9. The number of halogens is 3. The van der Waals surface area contributed by atoms with Crippen molar-refractivity contribution < 1.29 is 0 Å². The molecule has 0 spiro atoms. The van der Waals surface area contributed by atoms with E-state index in [4.69, 9.17) is 0 Å². The predicted molar refractivity (Wildman–Crippen MR) is 91.1 cm³/mol. The van der Waals surface area contributed by atoms with Gasteiger partial charge in [0.15, 0.2) is 0 Å². The summed E-state index contributed by atoms with van der Waals surface area (Å²) in [6.45, 7) is 0. The Morgan fingerprint density at radius 2 is 1.47 bits per heavy atom. The Morgan fingerprint density at radius 3 is 2.21 bits per heavy atom. The van der Waals surface area contributed by atoms with Gasteiger partial charge in [-0.3, -0.25) is 0 Å². The monoisotopic (exact) mass is 442 g/mol. The van der Waals surface area contributed by atoms with E-state index < -0.39 is 0 Å². The van der Waals surface area contributed by atoms with E-state index in [1.165, 1.54) is 41.5 Å². The molecule has 1 aliphatic carbocycles. The van der Waals surface area contributed by atoms with E-state index in [1.54, 1.807) is 0 Å². The van der Waals surface area contributed by atoms with Gasteiger partial charge in [-0.1, -0.05) is 66.0 Å². The van der Waals surface area contributed by atoms with Crippen molar-refractivity contribution in [2.24, 2.45) is 0 Å². The molecule has 0 bridgehead atoms. The average Bonchev–Trinajstić information content (AvgIpc) is 2.83. The Balaban J connectivity index is 1.97. The third kappa shape index (κ3) is 2.98. The molecule has 98 valence electrons. The zero-order chi connectivity index (χ0) is 13.4. The summed E-state index contributed by atoms with van der Waals surface area (Å²) in [5, 5.41) is 0. The summed E-state index contributed by atoms with van der Waals surface area (Å²) in [4.78, 5) is 0.243. The fraction of sp³-hybridized carbons (Fsp3) is 0.250. The lowest BCUT2D eigenvalue weighted by Crippen LogP contribution is -1.95. The first-order chi connectivity index (χ1) is 9.13. The molecule has 0 aromatic heterocycles. The van der Waals surface area contributed by atoms with Crippen molar-refractivity contribution in [3.63, 3.8) is 0 Å². The van der Waals surface area contributed by atoms with E-state index in [-0.39, 0.29) is 4.83 Å². The van der Waals surface area contributed by atoms with Crippen molar-refractivity contribution in [1.82, 2.24) is 0 Å². The summed E-state index contributed by atoms with van der Waals surface area (Å²) in [5.41, 5.74) is 5.65. The molecule has 19 heavy (non-hydrogen) atoms. The second-order valence-corrected chi connectivity index (χ2v) is 7.69. The average molecular weight is 445 g/mol. The lowest BCUT2D eigenvalue weighted by Gasteiger charge is -2.13. The van der Waals surface area contributed by atoms with Crippen LogP contribution in [0.1, 0.15) is 33.5 Å². The number of fused-ring (bicyclic) bond motifs is 1. The minimum Gasteiger partial charge on any atom is -0.0786 e. The Morgan fingerprint density at radius 1 is 0.789 bits per heavy atom. The van der Waals surface area contributed by atoms with Crippen molar-refractivity contribution in [1.29, 1.82) is 0 Å². The molecule has 0 heterocycles. The second-order valence-electron chi connectivity index (χ2n) is 4.95. The van der Waals surface area contributed by atoms with E-state index in [0.717, 1.165) is 8.95 Å². The number of alkyl halides is 1. The maximum atomic E-state index is 3.83. The van der Waals surface area contributed by atoms with Gasteiger partial charge in [0.25, 0.3) is 0 Å². The number of hydrogen-bond donors (Lipinski definition) is 0. The summed E-state index contributed by atoms with van der Waals surface area (Å²) < 4.78 is 2.20. The third-order valence-electron chi connectivity index (χ3n) is 3.59. The van der Waals surface area contributed by atoms with Crippen LogP contribution in [0.2, 0.25) is 0 Å². The summed E-state index contributed by atoms with van der Waals surface area (Å²) >= 11 is 10.9. The van der Waals surface area contributed by atoms with E-state index in [9.17, 15) is 0 Å². The summed E-state index contributed by atoms with van der Waals surface area (Å²) in [6, 6.07) is 13.3. The number of aryl methyl sites for hydroxylation is 2. The smallest absolute Gasteiger partial charge is 0.0645 e. The van der Waals surface area contributed by atoms with E-state index in [2.05, 4.69) is 84.2 Å². The molecule has 0 fully saturated rings. The highest BCUT2D eigenvalue weighted by Crippen LogP contribution is 2.36. The van der Waals surface area contributed by atoms with Gasteiger partial charge in [0.05, 0.1) is 4.83 Å². The van der Waals surface area contributed by atoms with Gasteiger partial charge in [0.2, 0.25) is 0 Å². The maximum absolute atomic E-state index is 3.83. The van der Waals surface area contributed by atoms with Crippen LogP contribution in [0.5, 0.6) is 0 Å². The molecule has 1 unspecified atom stereocenters. The number of rotatable bonds is 2. The van der Waals surface area contributed by atoms with E-state index in [1.807, 2.05) is 0 Å². The lowest BCUT2D eigenvalue weighted by molar-refractivity contribution is 0.911. The molecule has 0 radical (unpaired) electrons. The van der Waals surface area contributed by atoms with Crippen molar-refractivity contribution >= 4 is 47.8 Å². The van der Waals surface area contributed by atoms with Gasteiger partial charge >= 0.3 is 0 Å². The molecule has 0 saturated heterocycles. The van der Waals surface area contributed by atoms with Crippen molar-refractivity contribution in [2.45, 2.75) is 24.1 Å². The van der Waals surface area contributed by atoms with Gasteiger partial charge in [-0.25, -0.2) is 0 Å². The molecule has 0 aliphatic heterocycles. The van der Waals surface area contributed by atoms with Crippen LogP contribution in [0.3, 0.4) is 0 Å². The van der Waals surface area contributed by atoms with Crippen molar-refractivity contribution in [2.75, 3.05) is 0 Å². The van der Waals surface area contributed by atoms with E-state index in [0.29, 0.717) is 0 Å². The van der Waals surface area contributed by atoms with E-state index >= 15 is 0 Å². The van der Waals surface area contributed by atoms with Gasteiger partial charge in [0, 0.05) is 8.95 Å². The first-order valence-electron chi connectivity index (χ1n) is 6.35. The van der Waals surface area contributed by atoms with Gasteiger partial charge in [0.1, 0.15) is 0 Å². The molecule has 0 N–H and O–H groups in total. The predicted octanol–water partition coefficient (Wildman–Crippen LogP) is 6.18. The summed E-state index contributed by atoms with van der Waals surface area (Å²) in [7, 11) is 0. The zero-order valence-electron chi connectivity index (χ0n) is 10.3. The molecular weight excluding hydrogens is 432 g/mol. The number of hydrogen-bond acceptors (Lipinski definition) is 0. The molecular formula is C16H13Br3. The van der Waals surface area contributed by atoms with Crippen LogP contribution in [0.25, 0.3) is 0 Å². The molecule has 0 saturated carbocycles. The normalized spacial score (nSPS) is 15.3. The minimum atomic E-state index is 0.243. The van der Waals surface area contributed by atoms with Crippen LogP contribution in [0.4, 0.5) is 0 Å². The highest BCUT2D eigenvalue weighted by molar-refractivity contribution is 9.11. The highest BCUT2D eigenvalue weighted by Gasteiger charge is 2.16. The Labute approximate surface area is 139 Å².